The van der Waals surface area contributed by atoms with Crippen molar-refractivity contribution in [2.45, 2.75) is 37.8 Å². The molecule has 0 unspecified atom stereocenters. The third-order valence-electron chi connectivity index (χ3n) is 5.69. The topological polar surface area (TPSA) is 96.9 Å². The van der Waals surface area contributed by atoms with Crippen LogP contribution in [0.3, 0.4) is 0 Å². The van der Waals surface area contributed by atoms with Gasteiger partial charge in [-0.1, -0.05) is 17.7 Å². The molecule has 0 atom stereocenters. The first kappa shape index (κ1) is 22.1. The van der Waals surface area contributed by atoms with Gasteiger partial charge in [0.1, 0.15) is 12.6 Å². The molecule has 2 fully saturated rings. The largest absolute Gasteiger partial charge is 0.477 e. The van der Waals surface area contributed by atoms with Gasteiger partial charge in [-0.15, -0.1) is 0 Å². The smallest absolute Gasteiger partial charge is 0.325 e. The van der Waals surface area contributed by atoms with Gasteiger partial charge in [-0.25, -0.2) is 14.8 Å². The molecule has 10 heteroatoms. The molecular weight excluding hydrogens is 434 g/mol. The van der Waals surface area contributed by atoms with Gasteiger partial charge in [0.15, 0.2) is 0 Å². The van der Waals surface area contributed by atoms with E-state index in [2.05, 4.69) is 15.3 Å². The molecule has 170 valence electrons. The van der Waals surface area contributed by atoms with E-state index < -0.39 is 0 Å². The van der Waals surface area contributed by atoms with Gasteiger partial charge in [0.2, 0.25) is 5.91 Å². The molecule has 1 aliphatic carbocycles. The van der Waals surface area contributed by atoms with Crippen LogP contribution in [-0.2, 0) is 4.79 Å². The van der Waals surface area contributed by atoms with Crippen molar-refractivity contribution in [1.29, 1.82) is 0 Å². The molecular formula is C22H26ClN5O4. The highest BCUT2D eigenvalue weighted by molar-refractivity contribution is 6.30. The lowest BCUT2D eigenvalue weighted by Crippen LogP contribution is -2.45. The lowest BCUT2D eigenvalue weighted by molar-refractivity contribution is -0.122. The molecule has 2 heterocycles. The molecule has 9 nitrogen and oxygen atoms in total. The maximum absolute atomic E-state index is 12.7. The minimum Gasteiger partial charge on any atom is -0.477 e. The number of benzene rings is 1. The number of amides is 3. The van der Waals surface area contributed by atoms with Crippen LogP contribution in [0.25, 0.3) is 0 Å². The average Bonchev–Trinajstić information content (AvgIpc) is 3.15. The number of aromatic nitrogens is 2. The predicted octanol–water partition coefficient (Wildman–Crippen LogP) is 2.89. The van der Waals surface area contributed by atoms with Crippen LogP contribution in [0.2, 0.25) is 5.02 Å². The summed E-state index contributed by atoms with van der Waals surface area (Å²) in [6, 6.07) is 7.04. The zero-order valence-electron chi connectivity index (χ0n) is 17.9. The second kappa shape index (κ2) is 10.0. The molecule has 1 aromatic heterocycles. The van der Waals surface area contributed by atoms with Crippen molar-refractivity contribution in [3.05, 3.63) is 41.7 Å². The van der Waals surface area contributed by atoms with E-state index in [1.165, 1.54) is 7.11 Å². The van der Waals surface area contributed by atoms with Gasteiger partial charge in [-0.05, 0) is 43.9 Å². The number of hydrogen-bond donors (Lipinski definition) is 1. The Bertz CT molecular complexity index is 967. The summed E-state index contributed by atoms with van der Waals surface area (Å²) in [7, 11) is 1.53. The van der Waals surface area contributed by atoms with Crippen molar-refractivity contribution in [1.82, 2.24) is 20.2 Å². The minimum atomic E-state index is -0.183. The Balaban J connectivity index is 1.23. The van der Waals surface area contributed by atoms with Gasteiger partial charge in [-0.3, -0.25) is 9.69 Å². The molecule has 0 bridgehead atoms. The molecule has 4 rings (SSSR count). The Kier molecular flexibility index (Phi) is 6.94. The van der Waals surface area contributed by atoms with Gasteiger partial charge >= 0.3 is 6.03 Å². The van der Waals surface area contributed by atoms with E-state index in [-0.39, 0.29) is 30.6 Å². The Hall–Kier alpha value is -3.07. The maximum atomic E-state index is 12.7. The third kappa shape index (κ3) is 5.21. The highest BCUT2D eigenvalue weighted by Crippen LogP contribution is 2.27. The number of hydrogen-bond acceptors (Lipinski definition) is 6. The fraction of sp³-hybridized carbons (Fsp3) is 0.455. The summed E-state index contributed by atoms with van der Waals surface area (Å²) in [5.74, 6) is 0.607. The van der Waals surface area contributed by atoms with Crippen molar-refractivity contribution in [2.24, 2.45) is 0 Å². The van der Waals surface area contributed by atoms with E-state index in [9.17, 15) is 9.59 Å². The first-order valence-electron chi connectivity index (χ1n) is 10.7. The Labute approximate surface area is 191 Å². The number of halogens is 1. The SMILES string of the molecule is COc1nccnc1OC1CCC(NC(=O)CN2CCN(c3cccc(Cl)c3)C2=O)CC1. The zero-order valence-corrected chi connectivity index (χ0v) is 18.6. The second-order valence-corrected chi connectivity index (χ2v) is 8.30. The van der Waals surface area contributed by atoms with Crippen molar-refractivity contribution in [2.75, 3.05) is 31.6 Å². The molecule has 1 aromatic carbocycles. The lowest BCUT2D eigenvalue weighted by atomic mass is 9.93. The molecule has 0 radical (unpaired) electrons. The first-order chi connectivity index (χ1) is 15.5. The number of nitrogens with one attached hydrogen (secondary N) is 1. The Morgan fingerprint density at radius 3 is 2.62 bits per heavy atom. The van der Waals surface area contributed by atoms with Crippen molar-refractivity contribution in [3.8, 4) is 11.8 Å². The van der Waals surface area contributed by atoms with E-state index in [0.717, 1.165) is 31.4 Å². The van der Waals surface area contributed by atoms with Crippen LogP contribution in [0.15, 0.2) is 36.7 Å². The molecule has 2 aromatic rings. The van der Waals surface area contributed by atoms with E-state index >= 15 is 0 Å². The maximum Gasteiger partial charge on any atom is 0.325 e. The standard InChI is InChI=1S/C22H26ClN5O4/c1-31-20-21(25-10-9-24-20)32-18-7-5-16(6-8-18)26-19(29)14-27-11-12-28(22(27)30)17-4-2-3-15(23)13-17/h2-4,9-10,13,16,18H,5-8,11-12,14H2,1H3,(H,26,29). The van der Waals surface area contributed by atoms with Crippen LogP contribution in [0.5, 0.6) is 11.8 Å². The molecule has 1 saturated heterocycles. The number of urea groups is 1. The summed E-state index contributed by atoms with van der Waals surface area (Å²) in [4.78, 5) is 36.7. The van der Waals surface area contributed by atoms with Crippen LogP contribution in [0, 0.1) is 0 Å². The van der Waals surface area contributed by atoms with Gasteiger partial charge in [0.25, 0.3) is 11.8 Å². The summed E-state index contributed by atoms with van der Waals surface area (Å²) in [6.45, 7) is 1.07. The average molecular weight is 460 g/mol. The van der Waals surface area contributed by atoms with Crippen molar-refractivity contribution >= 4 is 29.2 Å². The number of ether oxygens (including phenoxy) is 2. The summed E-state index contributed by atoms with van der Waals surface area (Å²) in [5.41, 5.74) is 0.739. The third-order valence-corrected chi connectivity index (χ3v) is 5.93. The first-order valence-corrected chi connectivity index (χ1v) is 11.0. The second-order valence-electron chi connectivity index (χ2n) is 7.87. The summed E-state index contributed by atoms with van der Waals surface area (Å²) < 4.78 is 11.1. The Morgan fingerprint density at radius 1 is 1.16 bits per heavy atom. The van der Waals surface area contributed by atoms with Crippen LogP contribution in [0.1, 0.15) is 25.7 Å². The van der Waals surface area contributed by atoms with E-state index in [1.807, 2.05) is 6.07 Å². The van der Waals surface area contributed by atoms with Gasteiger partial charge in [-0.2, -0.15) is 0 Å². The minimum absolute atomic E-state index is 0.000154. The fourth-order valence-electron chi connectivity index (χ4n) is 4.08. The number of rotatable bonds is 7. The van der Waals surface area contributed by atoms with E-state index in [4.69, 9.17) is 21.1 Å². The summed E-state index contributed by atoms with van der Waals surface area (Å²) in [5, 5.41) is 3.63. The molecule has 1 saturated carbocycles. The van der Waals surface area contributed by atoms with Crippen LogP contribution < -0.4 is 19.7 Å². The summed E-state index contributed by atoms with van der Waals surface area (Å²) >= 11 is 6.03. The number of methoxy groups -OCH3 is 1. The number of carbonyl (C=O) groups is 2. The highest BCUT2D eigenvalue weighted by atomic mass is 35.5. The van der Waals surface area contributed by atoms with E-state index in [1.54, 1.807) is 40.4 Å². The quantitative estimate of drug-likeness (QED) is 0.683. The molecule has 0 spiro atoms. The number of anilines is 1. The van der Waals surface area contributed by atoms with Crippen LogP contribution in [0.4, 0.5) is 10.5 Å². The molecule has 2 aliphatic rings. The fourth-order valence-corrected chi connectivity index (χ4v) is 4.26. The van der Waals surface area contributed by atoms with Crippen molar-refractivity contribution < 1.29 is 19.1 Å². The summed E-state index contributed by atoms with van der Waals surface area (Å²) in [6.07, 6.45) is 6.28. The molecule has 1 aliphatic heterocycles. The molecule has 3 amide bonds. The van der Waals surface area contributed by atoms with Gasteiger partial charge in [0, 0.05) is 42.2 Å². The van der Waals surface area contributed by atoms with Crippen molar-refractivity contribution in [3.63, 3.8) is 0 Å². The van der Waals surface area contributed by atoms with Crippen LogP contribution >= 0.6 is 11.6 Å². The molecule has 32 heavy (non-hydrogen) atoms. The lowest BCUT2D eigenvalue weighted by Gasteiger charge is -2.29. The van der Waals surface area contributed by atoms with Crippen LogP contribution in [-0.4, -0.2) is 65.7 Å². The van der Waals surface area contributed by atoms with E-state index in [0.29, 0.717) is 29.9 Å². The zero-order chi connectivity index (χ0) is 22.5. The number of carbonyl (C=O) groups excluding carboxylic acids is 2. The van der Waals surface area contributed by atoms with Gasteiger partial charge < -0.3 is 19.7 Å². The van der Waals surface area contributed by atoms with Gasteiger partial charge in [0.05, 0.1) is 7.11 Å². The normalized spacial score (nSPS) is 20.9. The monoisotopic (exact) mass is 459 g/mol. The number of nitrogens with zero attached hydrogens (tertiary/aromatic N) is 4. The highest BCUT2D eigenvalue weighted by Gasteiger charge is 2.32. The predicted molar refractivity (Wildman–Crippen MR) is 119 cm³/mol. The Morgan fingerprint density at radius 2 is 1.91 bits per heavy atom. The molecule has 1 N–H and O–H groups in total.